The molecule has 0 radical (unpaired) electrons. The maximum Gasteiger partial charge on any atom is 0.317 e. The van der Waals surface area contributed by atoms with E-state index in [2.05, 4.69) is 40.6 Å². The molecule has 3 aromatic rings. The van der Waals surface area contributed by atoms with E-state index in [1.165, 1.54) is 16.0 Å². The monoisotopic (exact) mass is 449 g/mol. The Morgan fingerprint density at radius 3 is 2.69 bits per heavy atom. The van der Waals surface area contributed by atoms with Gasteiger partial charge in [0, 0.05) is 24.9 Å². The number of nitrogens with one attached hydrogen (secondary N) is 1. The van der Waals surface area contributed by atoms with Crippen LogP contribution in [0.2, 0.25) is 10.0 Å². The Morgan fingerprint density at radius 1 is 1.17 bits per heavy atom. The number of aromatic nitrogens is 3. The van der Waals surface area contributed by atoms with Gasteiger partial charge in [-0.3, -0.25) is 4.57 Å². The highest BCUT2D eigenvalue weighted by atomic mass is 35.5. The first-order chi connectivity index (χ1) is 13.8. The molecule has 0 aliphatic carbocycles. The minimum atomic E-state index is -0.217. The molecule has 0 bridgehead atoms. The maximum atomic E-state index is 11.9. The molecule has 0 unspecified atom stereocenters. The van der Waals surface area contributed by atoms with Crippen LogP contribution in [0.3, 0.4) is 0 Å². The van der Waals surface area contributed by atoms with Gasteiger partial charge in [0.05, 0.1) is 17.3 Å². The Balaban J connectivity index is 1.93. The Bertz CT molecular complexity index is 1020. The predicted octanol–water partition coefficient (Wildman–Crippen LogP) is 4.95. The number of rotatable bonds is 6. The quantitative estimate of drug-likeness (QED) is 0.540. The van der Waals surface area contributed by atoms with E-state index in [0.717, 1.165) is 5.75 Å². The van der Waals surface area contributed by atoms with Crippen molar-refractivity contribution >= 4 is 41.0 Å². The molecule has 1 heterocycles. The molecule has 0 spiro atoms. The zero-order valence-electron chi connectivity index (χ0n) is 16.3. The number of aryl methyl sites for hydroxylation is 1. The van der Waals surface area contributed by atoms with Crippen LogP contribution < -0.4 is 5.32 Å². The Morgan fingerprint density at radius 2 is 1.97 bits per heavy atom. The van der Waals surface area contributed by atoms with Gasteiger partial charge in [0.1, 0.15) is 0 Å². The zero-order chi connectivity index (χ0) is 21.0. The average molecular weight is 450 g/mol. The summed E-state index contributed by atoms with van der Waals surface area (Å²) in [6.07, 6.45) is 0. The molecular formula is C20H21Cl2N5OS. The van der Waals surface area contributed by atoms with Gasteiger partial charge < -0.3 is 10.2 Å². The summed E-state index contributed by atoms with van der Waals surface area (Å²) in [7, 11) is 3.36. The number of amides is 2. The molecule has 1 N–H and O–H groups in total. The van der Waals surface area contributed by atoms with Crippen molar-refractivity contribution in [3.8, 4) is 5.69 Å². The lowest BCUT2D eigenvalue weighted by Crippen LogP contribution is -2.34. The van der Waals surface area contributed by atoms with Crippen molar-refractivity contribution in [3.05, 3.63) is 69.5 Å². The van der Waals surface area contributed by atoms with Crippen LogP contribution in [0.15, 0.2) is 47.6 Å². The second kappa shape index (κ2) is 9.52. The molecular weight excluding hydrogens is 429 g/mol. The highest BCUT2D eigenvalue weighted by Crippen LogP contribution is 2.31. The molecule has 1 aromatic heterocycles. The molecule has 0 fully saturated rings. The van der Waals surface area contributed by atoms with E-state index in [4.69, 9.17) is 23.2 Å². The summed E-state index contributed by atoms with van der Waals surface area (Å²) >= 11 is 14.2. The molecule has 2 aromatic carbocycles. The van der Waals surface area contributed by atoms with Gasteiger partial charge in [-0.05, 0) is 30.7 Å². The smallest absolute Gasteiger partial charge is 0.317 e. The molecule has 3 rings (SSSR count). The first-order valence-corrected chi connectivity index (χ1v) is 10.6. The second-order valence-electron chi connectivity index (χ2n) is 6.66. The topological polar surface area (TPSA) is 63.1 Å². The Kier molecular flexibility index (Phi) is 7.05. The van der Waals surface area contributed by atoms with E-state index >= 15 is 0 Å². The van der Waals surface area contributed by atoms with Gasteiger partial charge in [0.25, 0.3) is 0 Å². The number of carbonyl (C=O) groups excluding carboxylic acids is 1. The van der Waals surface area contributed by atoms with Crippen LogP contribution in [0.4, 0.5) is 4.79 Å². The molecule has 2 amide bonds. The molecule has 0 saturated heterocycles. The third-order valence-corrected chi connectivity index (χ3v) is 5.66. The summed E-state index contributed by atoms with van der Waals surface area (Å²) in [6, 6.07) is 13.3. The number of benzene rings is 2. The minimum absolute atomic E-state index is 0.206. The lowest BCUT2D eigenvalue weighted by atomic mass is 10.2. The SMILES string of the molecule is Cc1cccc(CSc2nnc(CNC(=O)N(C)C)n2-c2cc(Cl)ccc2Cl)c1. The van der Waals surface area contributed by atoms with E-state index < -0.39 is 0 Å². The Hall–Kier alpha value is -2.22. The van der Waals surface area contributed by atoms with E-state index in [0.29, 0.717) is 26.7 Å². The molecule has 0 saturated carbocycles. The van der Waals surface area contributed by atoms with Crippen LogP contribution in [0, 0.1) is 6.92 Å². The number of thioether (sulfide) groups is 1. The van der Waals surface area contributed by atoms with E-state index in [1.807, 2.05) is 10.6 Å². The van der Waals surface area contributed by atoms with Crippen LogP contribution in [0.1, 0.15) is 17.0 Å². The fraction of sp³-hybridized carbons (Fsp3) is 0.250. The van der Waals surface area contributed by atoms with Crippen LogP contribution in [0.25, 0.3) is 5.69 Å². The van der Waals surface area contributed by atoms with E-state index in [-0.39, 0.29) is 12.6 Å². The Labute approximate surface area is 184 Å². The predicted molar refractivity (Wildman–Crippen MR) is 118 cm³/mol. The third kappa shape index (κ3) is 5.44. The second-order valence-corrected chi connectivity index (χ2v) is 8.45. The first kappa shape index (κ1) is 21.5. The first-order valence-electron chi connectivity index (χ1n) is 8.88. The van der Waals surface area contributed by atoms with Gasteiger partial charge >= 0.3 is 6.03 Å². The lowest BCUT2D eigenvalue weighted by molar-refractivity contribution is 0.216. The zero-order valence-corrected chi connectivity index (χ0v) is 18.6. The largest absolute Gasteiger partial charge is 0.331 e. The van der Waals surface area contributed by atoms with Crippen molar-refractivity contribution in [3.63, 3.8) is 0 Å². The molecule has 29 heavy (non-hydrogen) atoms. The van der Waals surface area contributed by atoms with Crippen molar-refractivity contribution in [1.29, 1.82) is 0 Å². The minimum Gasteiger partial charge on any atom is -0.331 e. The van der Waals surface area contributed by atoms with Crippen LogP contribution >= 0.6 is 35.0 Å². The van der Waals surface area contributed by atoms with Crippen molar-refractivity contribution in [2.75, 3.05) is 14.1 Å². The highest BCUT2D eigenvalue weighted by molar-refractivity contribution is 7.98. The van der Waals surface area contributed by atoms with Crippen LogP contribution in [0.5, 0.6) is 0 Å². The van der Waals surface area contributed by atoms with Gasteiger partial charge in [0.2, 0.25) is 0 Å². The fourth-order valence-corrected chi connectivity index (χ4v) is 3.95. The number of carbonyl (C=O) groups is 1. The molecule has 152 valence electrons. The van der Waals surface area contributed by atoms with Gasteiger partial charge in [-0.15, -0.1) is 10.2 Å². The highest BCUT2D eigenvalue weighted by Gasteiger charge is 2.18. The summed E-state index contributed by atoms with van der Waals surface area (Å²) in [6.45, 7) is 2.27. The summed E-state index contributed by atoms with van der Waals surface area (Å²) < 4.78 is 1.84. The van der Waals surface area contributed by atoms with Gasteiger partial charge in [-0.25, -0.2) is 4.79 Å². The lowest BCUT2D eigenvalue weighted by Gasteiger charge is -2.14. The van der Waals surface area contributed by atoms with Crippen LogP contribution in [-0.4, -0.2) is 39.8 Å². The van der Waals surface area contributed by atoms with E-state index in [9.17, 15) is 4.79 Å². The van der Waals surface area contributed by atoms with Crippen LogP contribution in [-0.2, 0) is 12.3 Å². The number of halogens is 2. The maximum absolute atomic E-state index is 11.9. The van der Waals surface area contributed by atoms with Crippen molar-refractivity contribution in [2.45, 2.75) is 24.4 Å². The molecule has 6 nitrogen and oxygen atoms in total. The van der Waals surface area contributed by atoms with Gasteiger partial charge in [-0.1, -0.05) is 64.8 Å². The fourth-order valence-electron chi connectivity index (χ4n) is 2.67. The van der Waals surface area contributed by atoms with Crippen molar-refractivity contribution < 1.29 is 4.79 Å². The number of nitrogens with zero attached hydrogens (tertiary/aromatic N) is 4. The van der Waals surface area contributed by atoms with Crippen molar-refractivity contribution in [1.82, 2.24) is 25.0 Å². The van der Waals surface area contributed by atoms with Crippen molar-refractivity contribution in [2.24, 2.45) is 0 Å². The summed E-state index contributed by atoms with van der Waals surface area (Å²) in [5.74, 6) is 1.29. The number of hydrogen-bond donors (Lipinski definition) is 1. The molecule has 0 atom stereocenters. The summed E-state index contributed by atoms with van der Waals surface area (Å²) in [5, 5.41) is 13.2. The standard InChI is InChI=1S/C20H21Cl2N5OS/c1-13-5-4-6-14(9-13)12-29-20-25-24-18(11-23-19(28)26(2)3)27(20)17-10-15(21)7-8-16(17)22/h4-10H,11-12H2,1-3H3,(H,23,28). The summed E-state index contributed by atoms with van der Waals surface area (Å²) in [4.78, 5) is 13.4. The normalized spacial score (nSPS) is 10.8. The molecule has 9 heteroatoms. The number of hydrogen-bond acceptors (Lipinski definition) is 4. The molecule has 0 aliphatic rings. The van der Waals surface area contributed by atoms with Gasteiger partial charge in [-0.2, -0.15) is 0 Å². The number of urea groups is 1. The van der Waals surface area contributed by atoms with E-state index in [1.54, 1.807) is 44.1 Å². The third-order valence-electron chi connectivity index (χ3n) is 4.10. The summed E-state index contributed by atoms with van der Waals surface area (Å²) in [5.41, 5.74) is 3.06. The average Bonchev–Trinajstić information content (AvgIpc) is 3.09. The van der Waals surface area contributed by atoms with Gasteiger partial charge in [0.15, 0.2) is 11.0 Å². The molecule has 0 aliphatic heterocycles.